The van der Waals surface area contributed by atoms with Crippen LogP contribution in [-0.4, -0.2) is 33.1 Å². The maximum Gasteiger partial charge on any atom is 0.263 e. The Kier molecular flexibility index (Phi) is 4.92. The number of carbonyl (C=O) groups is 1. The van der Waals surface area contributed by atoms with E-state index in [1.54, 1.807) is 31.4 Å². The summed E-state index contributed by atoms with van der Waals surface area (Å²) < 4.78 is 3.37. The lowest BCUT2D eigenvalue weighted by atomic mass is 9.83. The van der Waals surface area contributed by atoms with Crippen LogP contribution in [0.1, 0.15) is 34.1 Å². The summed E-state index contributed by atoms with van der Waals surface area (Å²) in [5.41, 5.74) is 2.27. The summed E-state index contributed by atoms with van der Waals surface area (Å²) in [6.07, 6.45) is 2.70. The van der Waals surface area contributed by atoms with Crippen LogP contribution in [0.25, 0.3) is 0 Å². The SMILES string of the molecule is Cc1ccc(C(=O)Nc2ccc(N3C[C@@H]4C[C@H](C3)c3cccc(=O)n3C4)nc2)c(=O)n1C. The molecule has 2 aliphatic heterocycles. The molecule has 0 aliphatic carbocycles. The van der Waals surface area contributed by atoms with E-state index in [-0.39, 0.29) is 16.7 Å². The molecule has 2 aliphatic rings. The molecule has 1 amide bonds. The maximum absolute atomic E-state index is 12.6. The van der Waals surface area contributed by atoms with Crippen molar-refractivity contribution in [3.63, 3.8) is 0 Å². The van der Waals surface area contributed by atoms with Gasteiger partial charge in [0, 0.05) is 50.1 Å². The second kappa shape index (κ2) is 7.78. The molecule has 5 heterocycles. The maximum atomic E-state index is 12.6. The van der Waals surface area contributed by atoms with Gasteiger partial charge in [-0.15, -0.1) is 0 Å². The van der Waals surface area contributed by atoms with Gasteiger partial charge in [0.05, 0.1) is 11.9 Å². The normalized spacial score (nSPS) is 19.4. The molecule has 1 fully saturated rings. The van der Waals surface area contributed by atoms with Crippen LogP contribution >= 0.6 is 0 Å². The van der Waals surface area contributed by atoms with Gasteiger partial charge < -0.3 is 19.4 Å². The molecule has 1 N–H and O–H groups in total. The molecule has 2 bridgehead atoms. The van der Waals surface area contributed by atoms with Crippen LogP contribution in [0.3, 0.4) is 0 Å². The lowest BCUT2D eigenvalue weighted by Gasteiger charge is -2.43. The third-order valence-corrected chi connectivity index (χ3v) is 6.61. The van der Waals surface area contributed by atoms with Crippen molar-refractivity contribution in [3.8, 4) is 0 Å². The molecule has 1 saturated heterocycles. The van der Waals surface area contributed by atoms with Crippen LogP contribution in [0.4, 0.5) is 11.5 Å². The largest absolute Gasteiger partial charge is 0.356 e. The molecular weight excluding hydrogens is 406 g/mol. The van der Waals surface area contributed by atoms with E-state index in [1.165, 1.54) is 4.57 Å². The van der Waals surface area contributed by atoms with E-state index in [0.29, 0.717) is 17.5 Å². The number of pyridine rings is 3. The number of piperidine rings is 1. The fourth-order valence-corrected chi connectivity index (χ4v) is 4.83. The van der Waals surface area contributed by atoms with E-state index in [1.807, 2.05) is 35.8 Å². The number of rotatable bonds is 3. The molecule has 0 saturated carbocycles. The second-order valence-corrected chi connectivity index (χ2v) is 8.71. The highest BCUT2D eigenvalue weighted by Crippen LogP contribution is 2.36. The molecule has 0 unspecified atom stereocenters. The Balaban J connectivity index is 1.32. The highest BCUT2D eigenvalue weighted by atomic mass is 16.2. The van der Waals surface area contributed by atoms with Crippen molar-refractivity contribution in [1.82, 2.24) is 14.1 Å². The Morgan fingerprint density at radius 3 is 2.69 bits per heavy atom. The van der Waals surface area contributed by atoms with Crippen LogP contribution in [-0.2, 0) is 13.6 Å². The zero-order valence-electron chi connectivity index (χ0n) is 18.1. The van der Waals surface area contributed by atoms with Crippen LogP contribution in [0, 0.1) is 12.8 Å². The van der Waals surface area contributed by atoms with Crippen LogP contribution in [0.2, 0.25) is 0 Å². The van der Waals surface area contributed by atoms with Gasteiger partial charge in [-0.05, 0) is 49.6 Å². The first kappa shape index (κ1) is 20.2. The van der Waals surface area contributed by atoms with Gasteiger partial charge in [-0.3, -0.25) is 14.4 Å². The quantitative estimate of drug-likeness (QED) is 0.686. The number of fused-ring (bicyclic) bond motifs is 4. The van der Waals surface area contributed by atoms with Gasteiger partial charge in [-0.1, -0.05) is 6.07 Å². The molecule has 3 aromatic heterocycles. The number of nitrogens with one attached hydrogen (secondary N) is 1. The molecule has 8 nitrogen and oxygen atoms in total. The minimum Gasteiger partial charge on any atom is -0.356 e. The minimum atomic E-state index is -0.449. The number of aromatic nitrogens is 3. The third kappa shape index (κ3) is 3.51. The van der Waals surface area contributed by atoms with Crippen LogP contribution < -0.4 is 21.3 Å². The first-order valence-corrected chi connectivity index (χ1v) is 10.8. The van der Waals surface area contributed by atoms with Gasteiger partial charge in [0.1, 0.15) is 11.4 Å². The summed E-state index contributed by atoms with van der Waals surface area (Å²) >= 11 is 0. The van der Waals surface area contributed by atoms with E-state index in [9.17, 15) is 14.4 Å². The molecule has 3 aromatic rings. The fourth-order valence-electron chi connectivity index (χ4n) is 4.83. The molecule has 8 heteroatoms. The number of anilines is 2. The van der Waals surface area contributed by atoms with E-state index < -0.39 is 5.91 Å². The van der Waals surface area contributed by atoms with Gasteiger partial charge in [-0.25, -0.2) is 4.98 Å². The number of amides is 1. The predicted octanol–water partition coefficient (Wildman–Crippen LogP) is 2.13. The smallest absolute Gasteiger partial charge is 0.263 e. The predicted molar refractivity (Wildman–Crippen MR) is 122 cm³/mol. The van der Waals surface area contributed by atoms with Gasteiger partial charge in [-0.2, -0.15) is 0 Å². The van der Waals surface area contributed by atoms with Crippen molar-refractivity contribution in [2.75, 3.05) is 23.3 Å². The first-order chi connectivity index (χ1) is 15.4. The summed E-state index contributed by atoms with van der Waals surface area (Å²) in [6.45, 7) is 4.20. The molecular formula is C24H25N5O3. The summed E-state index contributed by atoms with van der Waals surface area (Å²) in [5.74, 6) is 1.10. The molecule has 0 spiro atoms. The lowest BCUT2D eigenvalue weighted by molar-refractivity contribution is 0.102. The highest BCUT2D eigenvalue weighted by Gasteiger charge is 2.34. The average Bonchev–Trinajstić information content (AvgIpc) is 2.78. The zero-order chi connectivity index (χ0) is 22.4. The van der Waals surface area contributed by atoms with Gasteiger partial charge >= 0.3 is 0 Å². The Hall–Kier alpha value is -3.68. The van der Waals surface area contributed by atoms with Gasteiger partial charge in [0.15, 0.2) is 0 Å². The minimum absolute atomic E-state index is 0.0762. The third-order valence-electron chi connectivity index (χ3n) is 6.61. The van der Waals surface area contributed by atoms with Crippen molar-refractivity contribution in [2.24, 2.45) is 13.0 Å². The Labute approximate surface area is 185 Å². The number of nitrogens with zero attached hydrogens (tertiary/aromatic N) is 4. The van der Waals surface area contributed by atoms with E-state index in [0.717, 1.165) is 43.3 Å². The fraction of sp³-hybridized carbons (Fsp3) is 0.333. The van der Waals surface area contributed by atoms with Crippen LogP contribution in [0.15, 0.2) is 58.3 Å². The van der Waals surface area contributed by atoms with E-state index in [2.05, 4.69) is 15.2 Å². The first-order valence-electron chi connectivity index (χ1n) is 10.8. The van der Waals surface area contributed by atoms with Crippen LogP contribution in [0.5, 0.6) is 0 Å². The summed E-state index contributed by atoms with van der Waals surface area (Å²) in [5, 5.41) is 2.76. The molecule has 32 heavy (non-hydrogen) atoms. The Bertz CT molecular complexity index is 1310. The van der Waals surface area contributed by atoms with Crippen molar-refractivity contribution >= 4 is 17.4 Å². The number of hydrogen-bond acceptors (Lipinski definition) is 5. The van der Waals surface area contributed by atoms with Crippen molar-refractivity contribution in [2.45, 2.75) is 25.8 Å². The van der Waals surface area contributed by atoms with Gasteiger partial charge in [0.2, 0.25) is 0 Å². The van der Waals surface area contributed by atoms with Crippen molar-refractivity contribution in [1.29, 1.82) is 0 Å². The second-order valence-electron chi connectivity index (χ2n) is 8.71. The van der Waals surface area contributed by atoms with Crippen molar-refractivity contribution in [3.05, 3.63) is 86.3 Å². The van der Waals surface area contributed by atoms with E-state index in [4.69, 9.17) is 0 Å². The molecule has 5 rings (SSSR count). The molecule has 0 radical (unpaired) electrons. The number of hydrogen-bond donors (Lipinski definition) is 1. The molecule has 2 atom stereocenters. The molecule has 0 aromatic carbocycles. The molecule has 164 valence electrons. The highest BCUT2D eigenvalue weighted by molar-refractivity contribution is 6.03. The van der Waals surface area contributed by atoms with Gasteiger partial charge in [0.25, 0.3) is 17.0 Å². The standard InChI is InChI=1S/C24H25N5O3/c1-15-6-8-19(24(32)27(15)2)23(31)26-18-7-9-21(25-11-18)28-12-16-10-17(14-28)20-4-3-5-22(30)29(20)13-16/h3-9,11,16-17H,10,12-14H2,1-2H3,(H,26,31)/t16-,17+/m0/s1. The Morgan fingerprint density at radius 2 is 1.91 bits per heavy atom. The van der Waals surface area contributed by atoms with Crippen molar-refractivity contribution < 1.29 is 4.79 Å². The summed E-state index contributed by atoms with van der Waals surface area (Å²) in [4.78, 5) is 43.9. The summed E-state index contributed by atoms with van der Waals surface area (Å²) in [7, 11) is 1.65. The number of carbonyl (C=O) groups excluding carboxylic acids is 1. The Morgan fingerprint density at radius 1 is 1.06 bits per heavy atom. The average molecular weight is 431 g/mol. The lowest BCUT2D eigenvalue weighted by Crippen LogP contribution is -2.47. The van der Waals surface area contributed by atoms with E-state index >= 15 is 0 Å². The summed E-state index contributed by atoms with van der Waals surface area (Å²) in [6, 6.07) is 12.5. The zero-order valence-corrected chi connectivity index (χ0v) is 18.1. The number of aryl methyl sites for hydroxylation is 1. The topological polar surface area (TPSA) is 89.2 Å². The monoisotopic (exact) mass is 431 g/mol.